The summed E-state index contributed by atoms with van der Waals surface area (Å²) in [4.78, 5) is 0. The van der Waals surface area contributed by atoms with E-state index < -0.39 is 0 Å². The van der Waals surface area contributed by atoms with Crippen LogP contribution in [0.25, 0.3) is 11.1 Å². The maximum atomic E-state index is 5.96. The molecule has 1 saturated heterocycles. The van der Waals surface area contributed by atoms with Crippen molar-refractivity contribution in [3.63, 3.8) is 0 Å². The molecule has 2 aromatic rings. The molecule has 0 bridgehead atoms. The van der Waals surface area contributed by atoms with E-state index in [-0.39, 0.29) is 0 Å². The van der Waals surface area contributed by atoms with Gasteiger partial charge in [0.2, 0.25) is 0 Å². The number of benzene rings is 2. The van der Waals surface area contributed by atoms with Gasteiger partial charge in [-0.05, 0) is 77.5 Å². The lowest BCUT2D eigenvalue weighted by Crippen LogP contribution is -2.28. The number of hydrogen-bond acceptors (Lipinski definition) is 2. The van der Waals surface area contributed by atoms with Gasteiger partial charge in [-0.3, -0.25) is 0 Å². The minimum absolute atomic E-state index is 0.800. The van der Waals surface area contributed by atoms with Gasteiger partial charge in [-0.25, -0.2) is 0 Å². The number of nitrogens with one attached hydrogen (secondary N) is 1. The second-order valence-electron chi connectivity index (χ2n) is 5.84. The molecule has 1 N–H and O–H groups in total. The topological polar surface area (TPSA) is 21.3 Å². The lowest BCUT2D eigenvalue weighted by atomic mass is 9.95. The summed E-state index contributed by atoms with van der Waals surface area (Å²) in [6.45, 7) is 3.11. The molecule has 22 heavy (non-hydrogen) atoms. The predicted molar refractivity (Wildman–Crippen MR) is 95.3 cm³/mol. The second kappa shape index (κ2) is 7.80. The molecule has 0 radical (unpaired) electrons. The Morgan fingerprint density at radius 1 is 1.00 bits per heavy atom. The lowest BCUT2D eigenvalue weighted by Gasteiger charge is -2.22. The quantitative estimate of drug-likeness (QED) is 0.820. The third-order valence-electron chi connectivity index (χ3n) is 4.28. The first-order valence-corrected chi connectivity index (χ1v) is 8.81. The van der Waals surface area contributed by atoms with Crippen molar-refractivity contribution in [2.75, 3.05) is 19.7 Å². The fourth-order valence-corrected chi connectivity index (χ4v) is 3.43. The summed E-state index contributed by atoms with van der Waals surface area (Å²) in [5.74, 6) is 1.75. The van der Waals surface area contributed by atoms with E-state index in [0.717, 1.165) is 42.3 Å². The fraction of sp³-hybridized carbons (Fsp3) is 0.368. The van der Waals surface area contributed by atoms with Gasteiger partial charge in [-0.2, -0.15) is 0 Å². The van der Waals surface area contributed by atoms with Crippen LogP contribution in [0.5, 0.6) is 5.75 Å². The van der Waals surface area contributed by atoms with Crippen LogP contribution in [-0.4, -0.2) is 19.7 Å². The smallest absolute Gasteiger partial charge is 0.133 e. The third-order valence-corrected chi connectivity index (χ3v) is 4.90. The van der Waals surface area contributed by atoms with Crippen LogP contribution < -0.4 is 10.1 Å². The molecule has 1 heterocycles. The Balaban J connectivity index is 1.58. The van der Waals surface area contributed by atoms with Crippen molar-refractivity contribution in [1.82, 2.24) is 5.32 Å². The van der Waals surface area contributed by atoms with Gasteiger partial charge in [0.05, 0.1) is 11.1 Å². The summed E-state index contributed by atoms with van der Waals surface area (Å²) >= 11 is 3.64. The standard InChI is InChI=1S/C19H22BrNO/c20-18-14-17(16-4-2-1-3-5-16)6-7-19(18)22-13-10-15-8-11-21-12-9-15/h1-7,14-15,21H,8-13H2. The highest BCUT2D eigenvalue weighted by Crippen LogP contribution is 2.31. The van der Waals surface area contributed by atoms with Crippen molar-refractivity contribution in [1.29, 1.82) is 0 Å². The van der Waals surface area contributed by atoms with Gasteiger partial charge in [0.15, 0.2) is 0 Å². The van der Waals surface area contributed by atoms with Gasteiger partial charge in [0.25, 0.3) is 0 Å². The molecule has 0 amide bonds. The van der Waals surface area contributed by atoms with Crippen LogP contribution >= 0.6 is 15.9 Å². The summed E-state index contributed by atoms with van der Waals surface area (Å²) in [6.07, 6.45) is 3.70. The average Bonchev–Trinajstić information content (AvgIpc) is 2.58. The largest absolute Gasteiger partial charge is 0.492 e. The molecule has 3 rings (SSSR count). The van der Waals surface area contributed by atoms with Gasteiger partial charge in [-0.1, -0.05) is 36.4 Å². The van der Waals surface area contributed by atoms with Crippen molar-refractivity contribution in [3.05, 3.63) is 53.0 Å². The Bertz CT molecular complexity index is 594. The number of halogens is 1. The molecule has 1 aliphatic heterocycles. The highest BCUT2D eigenvalue weighted by molar-refractivity contribution is 9.10. The summed E-state index contributed by atoms with van der Waals surface area (Å²) in [7, 11) is 0. The van der Waals surface area contributed by atoms with Crippen LogP contribution in [-0.2, 0) is 0 Å². The van der Waals surface area contributed by atoms with E-state index in [1.165, 1.54) is 24.0 Å². The van der Waals surface area contributed by atoms with Gasteiger partial charge in [0.1, 0.15) is 5.75 Å². The molecule has 116 valence electrons. The Kier molecular flexibility index (Phi) is 5.52. The van der Waals surface area contributed by atoms with Crippen LogP contribution in [0.1, 0.15) is 19.3 Å². The highest BCUT2D eigenvalue weighted by Gasteiger charge is 2.13. The Morgan fingerprint density at radius 3 is 2.50 bits per heavy atom. The minimum atomic E-state index is 0.800. The van der Waals surface area contributed by atoms with Gasteiger partial charge >= 0.3 is 0 Å². The molecule has 0 spiro atoms. The van der Waals surface area contributed by atoms with Crippen LogP contribution in [0, 0.1) is 5.92 Å². The first-order valence-electron chi connectivity index (χ1n) is 8.01. The molecule has 0 aromatic heterocycles. The van der Waals surface area contributed by atoms with Crippen molar-refractivity contribution in [2.24, 2.45) is 5.92 Å². The van der Waals surface area contributed by atoms with Crippen molar-refractivity contribution < 1.29 is 4.74 Å². The fourth-order valence-electron chi connectivity index (χ4n) is 2.93. The number of rotatable bonds is 5. The van der Waals surface area contributed by atoms with Crippen LogP contribution in [0.3, 0.4) is 0 Å². The normalized spacial score (nSPS) is 15.7. The molecule has 1 aliphatic rings. The van der Waals surface area contributed by atoms with Crippen LogP contribution in [0.4, 0.5) is 0 Å². The first kappa shape index (κ1) is 15.6. The van der Waals surface area contributed by atoms with Gasteiger partial charge < -0.3 is 10.1 Å². The van der Waals surface area contributed by atoms with Crippen molar-refractivity contribution >= 4 is 15.9 Å². The Hall–Kier alpha value is -1.32. The third kappa shape index (κ3) is 4.11. The molecular formula is C19H22BrNO. The zero-order valence-corrected chi connectivity index (χ0v) is 14.3. The van der Waals surface area contributed by atoms with E-state index in [9.17, 15) is 0 Å². The van der Waals surface area contributed by atoms with Crippen LogP contribution in [0.15, 0.2) is 53.0 Å². The van der Waals surface area contributed by atoms with E-state index >= 15 is 0 Å². The molecule has 2 nitrogen and oxygen atoms in total. The predicted octanol–water partition coefficient (Wildman–Crippen LogP) is 4.88. The molecule has 1 fully saturated rings. The second-order valence-corrected chi connectivity index (χ2v) is 6.70. The molecular weight excluding hydrogens is 338 g/mol. The highest BCUT2D eigenvalue weighted by atomic mass is 79.9. The summed E-state index contributed by atoms with van der Waals surface area (Å²) < 4.78 is 6.99. The van der Waals surface area contributed by atoms with Crippen molar-refractivity contribution in [2.45, 2.75) is 19.3 Å². The lowest BCUT2D eigenvalue weighted by molar-refractivity contribution is 0.251. The first-order chi connectivity index (χ1) is 10.8. The van der Waals surface area contributed by atoms with E-state index in [0.29, 0.717) is 0 Å². The minimum Gasteiger partial charge on any atom is -0.492 e. The number of hydrogen-bond donors (Lipinski definition) is 1. The molecule has 3 heteroatoms. The molecule has 2 aromatic carbocycles. The average molecular weight is 360 g/mol. The van der Waals surface area contributed by atoms with E-state index in [2.05, 4.69) is 63.7 Å². The number of ether oxygens (including phenoxy) is 1. The summed E-state index contributed by atoms with van der Waals surface area (Å²) in [5, 5.41) is 3.41. The zero-order chi connectivity index (χ0) is 15.2. The molecule has 0 atom stereocenters. The van der Waals surface area contributed by atoms with Crippen LogP contribution in [0.2, 0.25) is 0 Å². The Labute approximate surface area is 141 Å². The Morgan fingerprint density at radius 2 is 1.77 bits per heavy atom. The number of piperidine rings is 1. The summed E-state index contributed by atoms with van der Waals surface area (Å²) in [5.41, 5.74) is 2.43. The van der Waals surface area contributed by atoms with E-state index in [1.807, 2.05) is 6.07 Å². The molecule has 0 aliphatic carbocycles. The molecule has 0 unspecified atom stereocenters. The van der Waals surface area contributed by atoms with Gasteiger partial charge in [0, 0.05) is 0 Å². The SMILES string of the molecule is Brc1cc(-c2ccccc2)ccc1OCCC1CCNCC1. The molecule has 0 saturated carbocycles. The monoisotopic (exact) mass is 359 g/mol. The summed E-state index contributed by atoms with van der Waals surface area (Å²) in [6, 6.07) is 16.7. The maximum Gasteiger partial charge on any atom is 0.133 e. The van der Waals surface area contributed by atoms with Crippen molar-refractivity contribution in [3.8, 4) is 16.9 Å². The maximum absolute atomic E-state index is 5.96. The van der Waals surface area contributed by atoms with E-state index in [1.54, 1.807) is 0 Å². The van der Waals surface area contributed by atoms with E-state index in [4.69, 9.17) is 4.74 Å². The van der Waals surface area contributed by atoms with Gasteiger partial charge in [-0.15, -0.1) is 0 Å². The zero-order valence-electron chi connectivity index (χ0n) is 12.7.